The Balaban J connectivity index is 1.67. The van der Waals surface area contributed by atoms with E-state index in [4.69, 9.17) is 16.6 Å². The Kier molecular flexibility index (Phi) is 4.69. The molecule has 0 aliphatic rings. The molecule has 2 aromatic heterocycles. The quantitative estimate of drug-likeness (QED) is 0.468. The van der Waals surface area contributed by atoms with Gasteiger partial charge in [0.05, 0.1) is 28.4 Å². The second-order valence-corrected chi connectivity index (χ2v) is 8.38. The van der Waals surface area contributed by atoms with Crippen LogP contribution in [0, 0.1) is 0 Å². The number of pyridine rings is 1. The number of hydrogen-bond donors (Lipinski definition) is 2. The summed E-state index contributed by atoms with van der Waals surface area (Å²) in [6, 6.07) is 16.1. The number of rotatable bonds is 3. The number of nitrogens with one attached hydrogen (secondary N) is 1. The molecular weight excluding hydrogens is 370 g/mol. The molecular formula is C23H22ClN3O. The number of fused-ring (bicyclic) bond motifs is 1. The predicted molar refractivity (Wildman–Crippen MR) is 114 cm³/mol. The second-order valence-electron chi connectivity index (χ2n) is 7.98. The first-order chi connectivity index (χ1) is 13.3. The van der Waals surface area contributed by atoms with Crippen LogP contribution >= 0.6 is 11.6 Å². The summed E-state index contributed by atoms with van der Waals surface area (Å²) in [4.78, 5) is 12.5. The fourth-order valence-corrected chi connectivity index (χ4v) is 3.47. The molecule has 0 amide bonds. The van der Waals surface area contributed by atoms with Crippen molar-refractivity contribution in [2.45, 2.75) is 32.8 Å². The summed E-state index contributed by atoms with van der Waals surface area (Å²) in [5.41, 5.74) is 6.68. The van der Waals surface area contributed by atoms with Gasteiger partial charge in [0, 0.05) is 17.3 Å². The Bertz CT molecular complexity index is 1140. The molecule has 0 saturated carbocycles. The molecule has 0 aliphatic heterocycles. The van der Waals surface area contributed by atoms with Gasteiger partial charge in [-0.15, -0.1) is 0 Å². The fraction of sp³-hybridized carbons (Fsp3) is 0.217. The van der Waals surface area contributed by atoms with Gasteiger partial charge in [0.15, 0.2) is 0 Å². The lowest BCUT2D eigenvalue weighted by Gasteiger charge is -2.18. The van der Waals surface area contributed by atoms with Crippen LogP contribution < -0.4 is 0 Å². The molecule has 4 aromatic rings. The zero-order valence-electron chi connectivity index (χ0n) is 16.1. The third kappa shape index (κ3) is 3.53. The van der Waals surface area contributed by atoms with Crippen LogP contribution in [0.2, 0.25) is 5.02 Å². The summed E-state index contributed by atoms with van der Waals surface area (Å²) in [5.74, 6) is 0.835. The van der Waals surface area contributed by atoms with Crippen molar-refractivity contribution in [1.29, 1.82) is 0 Å². The molecule has 0 fully saturated rings. The van der Waals surface area contributed by atoms with Crippen LogP contribution in [0.3, 0.4) is 0 Å². The molecule has 2 aromatic carbocycles. The van der Waals surface area contributed by atoms with E-state index >= 15 is 0 Å². The molecule has 0 radical (unpaired) electrons. The van der Waals surface area contributed by atoms with Crippen LogP contribution in [-0.2, 0) is 12.0 Å². The Morgan fingerprint density at radius 2 is 1.71 bits per heavy atom. The first-order valence-corrected chi connectivity index (χ1v) is 9.59. The van der Waals surface area contributed by atoms with Gasteiger partial charge >= 0.3 is 0 Å². The van der Waals surface area contributed by atoms with Crippen LogP contribution in [0.4, 0.5) is 0 Å². The monoisotopic (exact) mass is 391 g/mol. The van der Waals surface area contributed by atoms with E-state index in [0.717, 1.165) is 28.0 Å². The third-order valence-corrected chi connectivity index (χ3v) is 5.15. The first kappa shape index (κ1) is 18.7. The zero-order chi connectivity index (χ0) is 19.9. The number of halogens is 1. The number of aliphatic hydroxyl groups excluding tert-OH is 1. The topological polar surface area (TPSA) is 61.8 Å². The maximum Gasteiger partial charge on any atom is 0.138 e. The summed E-state index contributed by atoms with van der Waals surface area (Å²) in [6.07, 6.45) is 1.64. The second kappa shape index (κ2) is 7.04. The molecule has 2 heterocycles. The number of nitrogens with zero attached hydrogens (tertiary/aromatic N) is 2. The molecule has 2 N–H and O–H groups in total. The van der Waals surface area contributed by atoms with E-state index in [1.54, 1.807) is 12.3 Å². The van der Waals surface area contributed by atoms with Gasteiger partial charge in [0.1, 0.15) is 5.82 Å². The Morgan fingerprint density at radius 3 is 2.36 bits per heavy atom. The number of imidazole rings is 1. The number of benzene rings is 2. The van der Waals surface area contributed by atoms with E-state index in [2.05, 4.69) is 48.9 Å². The maximum atomic E-state index is 9.20. The minimum atomic E-state index is -0.0745. The van der Waals surface area contributed by atoms with E-state index in [-0.39, 0.29) is 12.0 Å². The Hall–Kier alpha value is -2.69. The normalized spacial score (nSPS) is 11.9. The lowest BCUT2D eigenvalue weighted by Crippen LogP contribution is -2.10. The summed E-state index contributed by atoms with van der Waals surface area (Å²) in [7, 11) is 0. The molecule has 4 nitrogen and oxygen atoms in total. The van der Waals surface area contributed by atoms with Crippen molar-refractivity contribution in [2.75, 3.05) is 0 Å². The van der Waals surface area contributed by atoms with Gasteiger partial charge in [0.25, 0.3) is 0 Å². The molecule has 0 atom stereocenters. The number of aromatic nitrogens is 3. The van der Waals surface area contributed by atoms with Gasteiger partial charge in [-0.2, -0.15) is 0 Å². The highest BCUT2D eigenvalue weighted by molar-refractivity contribution is 6.33. The molecule has 5 heteroatoms. The maximum absolute atomic E-state index is 9.20. The van der Waals surface area contributed by atoms with Crippen LogP contribution in [0.25, 0.3) is 33.7 Å². The Morgan fingerprint density at radius 1 is 1.00 bits per heavy atom. The number of aliphatic hydroxyl groups is 1. The number of hydrogen-bond acceptors (Lipinski definition) is 3. The number of H-pyrrole nitrogens is 1. The Labute approximate surface area is 169 Å². The standard InChI is InChI=1S/C23H22ClN3O/c1-23(2,3)17-8-9-19-20(11-17)27-22(26-19)16-6-4-15(5-7-16)21-18(24)10-14(13-28)12-25-21/h4-12,28H,13H2,1-3H3,(H,26,27). The fourth-order valence-electron chi connectivity index (χ4n) is 3.18. The summed E-state index contributed by atoms with van der Waals surface area (Å²) < 4.78 is 0. The zero-order valence-corrected chi connectivity index (χ0v) is 16.9. The lowest BCUT2D eigenvalue weighted by molar-refractivity contribution is 0.281. The SMILES string of the molecule is CC(C)(C)c1ccc2nc(-c3ccc(-c4ncc(CO)cc4Cl)cc3)[nH]c2c1. The summed E-state index contributed by atoms with van der Waals surface area (Å²) >= 11 is 6.31. The largest absolute Gasteiger partial charge is 0.392 e. The van der Waals surface area contributed by atoms with Gasteiger partial charge in [-0.1, -0.05) is 62.7 Å². The van der Waals surface area contributed by atoms with E-state index in [1.807, 2.05) is 24.3 Å². The lowest BCUT2D eigenvalue weighted by atomic mass is 9.87. The minimum Gasteiger partial charge on any atom is -0.392 e. The summed E-state index contributed by atoms with van der Waals surface area (Å²) in [6.45, 7) is 6.54. The van der Waals surface area contributed by atoms with Crippen molar-refractivity contribution in [2.24, 2.45) is 0 Å². The van der Waals surface area contributed by atoms with Gasteiger partial charge < -0.3 is 10.1 Å². The first-order valence-electron chi connectivity index (χ1n) is 9.21. The van der Waals surface area contributed by atoms with Crippen LogP contribution in [0.15, 0.2) is 54.7 Å². The van der Waals surface area contributed by atoms with E-state index < -0.39 is 0 Å². The van der Waals surface area contributed by atoms with Crippen molar-refractivity contribution in [1.82, 2.24) is 15.0 Å². The highest BCUT2D eigenvalue weighted by atomic mass is 35.5. The predicted octanol–water partition coefficient (Wildman–Crippen LogP) is 5.74. The van der Waals surface area contributed by atoms with Crippen molar-refractivity contribution < 1.29 is 5.11 Å². The van der Waals surface area contributed by atoms with Crippen LogP contribution in [-0.4, -0.2) is 20.1 Å². The molecule has 0 bridgehead atoms. The third-order valence-electron chi connectivity index (χ3n) is 4.86. The van der Waals surface area contributed by atoms with E-state index in [1.165, 1.54) is 5.56 Å². The van der Waals surface area contributed by atoms with Gasteiger partial charge in [-0.25, -0.2) is 4.98 Å². The van der Waals surface area contributed by atoms with Crippen molar-refractivity contribution in [3.63, 3.8) is 0 Å². The molecule has 0 aliphatic carbocycles. The molecule has 28 heavy (non-hydrogen) atoms. The van der Waals surface area contributed by atoms with Gasteiger partial charge in [0.2, 0.25) is 0 Å². The molecule has 4 rings (SSSR count). The van der Waals surface area contributed by atoms with Crippen molar-refractivity contribution in [3.05, 3.63) is 70.9 Å². The average Bonchev–Trinajstić information content (AvgIpc) is 3.10. The summed E-state index contributed by atoms with van der Waals surface area (Å²) in [5, 5.41) is 9.72. The molecule has 0 unspecified atom stereocenters. The van der Waals surface area contributed by atoms with Crippen LogP contribution in [0.5, 0.6) is 0 Å². The van der Waals surface area contributed by atoms with Crippen molar-refractivity contribution >= 4 is 22.6 Å². The molecule has 142 valence electrons. The number of aromatic amines is 1. The highest BCUT2D eigenvalue weighted by Crippen LogP contribution is 2.30. The molecule has 0 spiro atoms. The smallest absolute Gasteiger partial charge is 0.138 e. The average molecular weight is 392 g/mol. The van der Waals surface area contributed by atoms with Crippen molar-refractivity contribution in [3.8, 4) is 22.6 Å². The minimum absolute atomic E-state index is 0.0745. The highest BCUT2D eigenvalue weighted by Gasteiger charge is 2.15. The van der Waals surface area contributed by atoms with Gasteiger partial charge in [-0.3, -0.25) is 4.98 Å². The molecule has 0 saturated heterocycles. The van der Waals surface area contributed by atoms with Crippen LogP contribution in [0.1, 0.15) is 31.9 Å². The van der Waals surface area contributed by atoms with Gasteiger partial charge in [-0.05, 0) is 34.7 Å². The van der Waals surface area contributed by atoms with E-state index in [9.17, 15) is 5.11 Å². The van der Waals surface area contributed by atoms with E-state index in [0.29, 0.717) is 16.3 Å².